The number of nitrogens with one attached hydrogen (secondary N) is 1. The van der Waals surface area contributed by atoms with Crippen LogP contribution >= 0.6 is 15.9 Å². The van der Waals surface area contributed by atoms with Gasteiger partial charge in [0.25, 0.3) is 0 Å². The molecule has 0 saturated carbocycles. The SMILES string of the molecule is CCCC1(C(=O)c2ccc(OC)c(Br)c2OC)CCNC1. The molecule has 1 aliphatic rings. The van der Waals surface area contributed by atoms with Crippen LogP contribution in [0.4, 0.5) is 0 Å². The summed E-state index contributed by atoms with van der Waals surface area (Å²) in [5, 5.41) is 3.33. The summed E-state index contributed by atoms with van der Waals surface area (Å²) in [6.07, 6.45) is 2.77. The Hall–Kier alpha value is -1.07. The van der Waals surface area contributed by atoms with Gasteiger partial charge < -0.3 is 14.8 Å². The first-order chi connectivity index (χ1) is 10.1. The molecule has 1 atom stereocenters. The van der Waals surface area contributed by atoms with Crippen LogP contribution in [-0.2, 0) is 0 Å². The lowest BCUT2D eigenvalue weighted by atomic mass is 9.76. The lowest BCUT2D eigenvalue weighted by Crippen LogP contribution is -2.33. The molecule has 1 aromatic carbocycles. The van der Waals surface area contributed by atoms with Gasteiger partial charge in [0, 0.05) is 12.0 Å². The maximum atomic E-state index is 13.1. The van der Waals surface area contributed by atoms with Crippen LogP contribution in [0.25, 0.3) is 0 Å². The number of ether oxygens (including phenoxy) is 2. The van der Waals surface area contributed by atoms with E-state index in [1.807, 2.05) is 6.07 Å². The second-order valence-corrected chi connectivity index (χ2v) is 6.24. The molecule has 5 heteroatoms. The van der Waals surface area contributed by atoms with E-state index in [0.29, 0.717) is 21.5 Å². The summed E-state index contributed by atoms with van der Waals surface area (Å²) in [4.78, 5) is 13.1. The van der Waals surface area contributed by atoms with Crippen molar-refractivity contribution < 1.29 is 14.3 Å². The third kappa shape index (κ3) is 2.94. The number of hydrogen-bond acceptors (Lipinski definition) is 4. The highest BCUT2D eigenvalue weighted by molar-refractivity contribution is 9.10. The molecule has 0 amide bonds. The zero-order valence-corrected chi connectivity index (χ0v) is 14.4. The smallest absolute Gasteiger partial charge is 0.174 e. The Kier molecular flexibility index (Phi) is 5.27. The molecule has 1 fully saturated rings. The molecule has 1 saturated heterocycles. The van der Waals surface area contributed by atoms with Crippen LogP contribution in [-0.4, -0.2) is 33.1 Å². The number of ketones is 1. The first-order valence-electron chi connectivity index (χ1n) is 7.25. The Balaban J connectivity index is 2.45. The number of methoxy groups -OCH3 is 2. The average Bonchev–Trinajstić information content (AvgIpc) is 2.96. The third-order valence-electron chi connectivity index (χ3n) is 4.18. The molecule has 0 aromatic heterocycles. The number of Topliss-reactive ketones (excluding diaryl/α,β-unsaturated/α-hetero) is 1. The molecule has 2 rings (SSSR count). The Morgan fingerprint density at radius 2 is 2.14 bits per heavy atom. The Morgan fingerprint density at radius 1 is 1.38 bits per heavy atom. The first kappa shape index (κ1) is 16.3. The van der Waals surface area contributed by atoms with E-state index in [0.717, 1.165) is 32.4 Å². The maximum Gasteiger partial charge on any atom is 0.174 e. The predicted octanol–water partition coefficient (Wildman–Crippen LogP) is 3.43. The Bertz CT molecular complexity index is 524. The normalized spacial score (nSPS) is 21.3. The molecule has 0 radical (unpaired) electrons. The van der Waals surface area contributed by atoms with Crippen LogP contribution in [0, 0.1) is 5.41 Å². The van der Waals surface area contributed by atoms with E-state index in [1.54, 1.807) is 20.3 Å². The number of hydrogen-bond donors (Lipinski definition) is 1. The predicted molar refractivity (Wildman–Crippen MR) is 86.4 cm³/mol. The number of carbonyl (C=O) groups is 1. The molecule has 4 nitrogen and oxygen atoms in total. The van der Waals surface area contributed by atoms with Gasteiger partial charge in [-0.1, -0.05) is 13.3 Å². The van der Waals surface area contributed by atoms with Gasteiger partial charge in [-0.2, -0.15) is 0 Å². The zero-order chi connectivity index (χ0) is 15.5. The Labute approximate surface area is 134 Å². The molecule has 21 heavy (non-hydrogen) atoms. The second-order valence-electron chi connectivity index (χ2n) is 5.45. The van der Waals surface area contributed by atoms with Crippen LogP contribution < -0.4 is 14.8 Å². The van der Waals surface area contributed by atoms with E-state index >= 15 is 0 Å². The molecular formula is C16H22BrNO3. The second kappa shape index (κ2) is 6.79. The number of benzene rings is 1. The van der Waals surface area contributed by atoms with Crippen LogP contribution in [0.1, 0.15) is 36.5 Å². The van der Waals surface area contributed by atoms with Crippen molar-refractivity contribution in [3.05, 3.63) is 22.2 Å². The molecule has 1 unspecified atom stereocenters. The molecule has 0 bridgehead atoms. The largest absolute Gasteiger partial charge is 0.495 e. The standard InChI is InChI=1S/C16H22BrNO3/c1-4-7-16(8-9-18-10-16)15(19)11-5-6-12(20-2)13(17)14(11)21-3/h5-6,18H,4,7-10H2,1-3H3. The molecule has 1 aliphatic heterocycles. The van der Waals surface area contributed by atoms with Crippen molar-refractivity contribution >= 4 is 21.7 Å². The van der Waals surface area contributed by atoms with Crippen molar-refractivity contribution in [2.24, 2.45) is 5.41 Å². The van der Waals surface area contributed by atoms with E-state index in [-0.39, 0.29) is 11.2 Å². The summed E-state index contributed by atoms with van der Waals surface area (Å²) in [6.45, 7) is 3.76. The number of halogens is 1. The summed E-state index contributed by atoms with van der Waals surface area (Å²) in [6, 6.07) is 3.61. The maximum absolute atomic E-state index is 13.1. The minimum Gasteiger partial charge on any atom is -0.495 e. The van der Waals surface area contributed by atoms with Crippen LogP contribution in [0.2, 0.25) is 0 Å². The van der Waals surface area contributed by atoms with Gasteiger partial charge in [-0.15, -0.1) is 0 Å². The molecule has 1 N–H and O–H groups in total. The quantitative estimate of drug-likeness (QED) is 0.794. The monoisotopic (exact) mass is 355 g/mol. The van der Waals surface area contributed by atoms with Crippen LogP contribution in [0.5, 0.6) is 11.5 Å². The van der Waals surface area contributed by atoms with Crippen molar-refractivity contribution in [2.45, 2.75) is 26.2 Å². The lowest BCUT2D eigenvalue weighted by molar-refractivity contribution is 0.0798. The van der Waals surface area contributed by atoms with Gasteiger partial charge in [0.1, 0.15) is 16.0 Å². The highest BCUT2D eigenvalue weighted by atomic mass is 79.9. The van der Waals surface area contributed by atoms with E-state index in [4.69, 9.17) is 9.47 Å². The third-order valence-corrected chi connectivity index (χ3v) is 4.94. The van der Waals surface area contributed by atoms with E-state index in [2.05, 4.69) is 28.2 Å². The number of rotatable bonds is 6. The van der Waals surface area contributed by atoms with Gasteiger partial charge in [0.15, 0.2) is 5.78 Å². The van der Waals surface area contributed by atoms with Gasteiger partial charge in [-0.3, -0.25) is 4.79 Å². The molecule has 0 spiro atoms. The fourth-order valence-corrected chi connectivity index (χ4v) is 3.77. The Morgan fingerprint density at radius 3 is 2.67 bits per heavy atom. The highest BCUT2D eigenvalue weighted by Crippen LogP contribution is 2.42. The van der Waals surface area contributed by atoms with Gasteiger partial charge >= 0.3 is 0 Å². The molecule has 116 valence electrons. The summed E-state index contributed by atoms with van der Waals surface area (Å²) < 4.78 is 11.4. The van der Waals surface area contributed by atoms with E-state index < -0.39 is 0 Å². The fourth-order valence-electron chi connectivity index (χ4n) is 3.10. The van der Waals surface area contributed by atoms with Crippen molar-refractivity contribution in [1.29, 1.82) is 0 Å². The van der Waals surface area contributed by atoms with Gasteiger partial charge in [0.2, 0.25) is 0 Å². The summed E-state index contributed by atoms with van der Waals surface area (Å²) in [5.74, 6) is 1.38. The summed E-state index contributed by atoms with van der Waals surface area (Å²) in [7, 11) is 3.18. The minimum absolute atomic E-state index is 0.162. The fraction of sp³-hybridized carbons (Fsp3) is 0.562. The topological polar surface area (TPSA) is 47.6 Å². The van der Waals surface area contributed by atoms with Crippen molar-refractivity contribution in [3.63, 3.8) is 0 Å². The first-order valence-corrected chi connectivity index (χ1v) is 8.05. The van der Waals surface area contributed by atoms with E-state index in [9.17, 15) is 4.79 Å². The van der Waals surface area contributed by atoms with Crippen molar-refractivity contribution in [2.75, 3.05) is 27.3 Å². The molecule has 1 aromatic rings. The van der Waals surface area contributed by atoms with Gasteiger partial charge in [-0.25, -0.2) is 0 Å². The van der Waals surface area contributed by atoms with Gasteiger partial charge in [-0.05, 0) is 47.4 Å². The highest BCUT2D eigenvalue weighted by Gasteiger charge is 2.42. The zero-order valence-electron chi connectivity index (χ0n) is 12.8. The van der Waals surface area contributed by atoms with E-state index in [1.165, 1.54) is 0 Å². The van der Waals surface area contributed by atoms with Crippen molar-refractivity contribution in [3.8, 4) is 11.5 Å². The summed E-state index contributed by atoms with van der Waals surface area (Å²) in [5.41, 5.74) is 0.318. The summed E-state index contributed by atoms with van der Waals surface area (Å²) >= 11 is 3.47. The van der Waals surface area contributed by atoms with Crippen LogP contribution in [0.3, 0.4) is 0 Å². The number of carbonyl (C=O) groups excluding carboxylic acids is 1. The van der Waals surface area contributed by atoms with Gasteiger partial charge in [0.05, 0.1) is 19.8 Å². The van der Waals surface area contributed by atoms with Crippen molar-refractivity contribution in [1.82, 2.24) is 5.32 Å². The van der Waals surface area contributed by atoms with Crippen LogP contribution in [0.15, 0.2) is 16.6 Å². The lowest BCUT2D eigenvalue weighted by Gasteiger charge is -2.27. The minimum atomic E-state index is -0.309. The molecule has 0 aliphatic carbocycles. The average molecular weight is 356 g/mol. The molecular weight excluding hydrogens is 334 g/mol. The molecule has 1 heterocycles.